The lowest BCUT2D eigenvalue weighted by atomic mass is 10.1. The van der Waals surface area contributed by atoms with Crippen molar-refractivity contribution >= 4 is 39.1 Å². The van der Waals surface area contributed by atoms with E-state index in [1.54, 1.807) is 0 Å². The van der Waals surface area contributed by atoms with Gasteiger partial charge in [-0.1, -0.05) is 27.5 Å². The Labute approximate surface area is 128 Å². The number of nitriles is 1. The van der Waals surface area contributed by atoms with E-state index in [1.807, 2.05) is 6.07 Å². The maximum Gasteiger partial charge on any atom is 0.258 e. The number of anilines is 1. The van der Waals surface area contributed by atoms with Crippen LogP contribution in [0.15, 0.2) is 40.9 Å². The van der Waals surface area contributed by atoms with Gasteiger partial charge in [0.15, 0.2) is 0 Å². The summed E-state index contributed by atoms with van der Waals surface area (Å²) in [5.41, 5.74) is 0.516. The molecule has 0 fully saturated rings. The van der Waals surface area contributed by atoms with Gasteiger partial charge >= 0.3 is 0 Å². The minimum atomic E-state index is -0.625. The molecule has 2 rings (SSSR count). The summed E-state index contributed by atoms with van der Waals surface area (Å²) in [5, 5.41) is 11.7. The zero-order valence-electron chi connectivity index (χ0n) is 9.95. The summed E-state index contributed by atoms with van der Waals surface area (Å²) < 4.78 is 14.2. The highest BCUT2D eigenvalue weighted by Crippen LogP contribution is 2.21. The average Bonchev–Trinajstić information content (AvgIpc) is 2.43. The van der Waals surface area contributed by atoms with Crippen LogP contribution in [0.4, 0.5) is 10.1 Å². The third kappa shape index (κ3) is 3.16. The fourth-order valence-electron chi connectivity index (χ4n) is 1.56. The van der Waals surface area contributed by atoms with Crippen LogP contribution in [0, 0.1) is 17.1 Å². The number of rotatable bonds is 2. The molecule has 6 heteroatoms. The Kier molecular flexibility index (Phi) is 4.38. The highest BCUT2D eigenvalue weighted by atomic mass is 79.9. The molecule has 0 aromatic heterocycles. The van der Waals surface area contributed by atoms with Crippen LogP contribution in [0.2, 0.25) is 5.02 Å². The molecule has 0 radical (unpaired) electrons. The van der Waals surface area contributed by atoms with E-state index in [4.69, 9.17) is 16.9 Å². The second-order valence-electron chi connectivity index (χ2n) is 3.88. The number of nitrogens with one attached hydrogen (secondary N) is 1. The summed E-state index contributed by atoms with van der Waals surface area (Å²) >= 11 is 8.97. The van der Waals surface area contributed by atoms with Crippen LogP contribution in [0.25, 0.3) is 0 Å². The highest BCUT2D eigenvalue weighted by molar-refractivity contribution is 9.10. The lowest BCUT2D eigenvalue weighted by Crippen LogP contribution is -2.13. The molecule has 0 bridgehead atoms. The van der Waals surface area contributed by atoms with Gasteiger partial charge in [0.2, 0.25) is 0 Å². The standard InChI is InChI=1S/C14H7BrClFN2O/c15-9-1-4-13(17)11(6-9)14(20)19-10-2-3-12(16)8(5-10)7-18/h1-6H,(H,19,20). The van der Waals surface area contributed by atoms with Crippen molar-refractivity contribution < 1.29 is 9.18 Å². The molecule has 0 saturated heterocycles. The first kappa shape index (κ1) is 14.5. The Balaban J connectivity index is 2.28. The van der Waals surface area contributed by atoms with Gasteiger partial charge in [-0.3, -0.25) is 4.79 Å². The number of carbonyl (C=O) groups excluding carboxylic acids is 1. The Morgan fingerprint density at radius 2 is 2.05 bits per heavy atom. The van der Waals surface area contributed by atoms with Crippen molar-refractivity contribution in [1.82, 2.24) is 0 Å². The normalized spacial score (nSPS) is 9.90. The fraction of sp³-hybridized carbons (Fsp3) is 0. The molecule has 100 valence electrons. The van der Waals surface area contributed by atoms with E-state index in [-0.39, 0.29) is 11.1 Å². The Bertz CT molecular complexity index is 728. The molecule has 0 saturated carbocycles. The maximum atomic E-state index is 13.6. The first-order valence-electron chi connectivity index (χ1n) is 5.47. The van der Waals surface area contributed by atoms with E-state index in [2.05, 4.69) is 21.2 Å². The van der Waals surface area contributed by atoms with Gasteiger partial charge in [0.05, 0.1) is 16.1 Å². The molecular weight excluding hydrogens is 347 g/mol. The van der Waals surface area contributed by atoms with Gasteiger partial charge in [-0.15, -0.1) is 0 Å². The van der Waals surface area contributed by atoms with Crippen molar-refractivity contribution in [2.24, 2.45) is 0 Å². The summed E-state index contributed by atoms with van der Waals surface area (Å²) in [6.45, 7) is 0. The Morgan fingerprint density at radius 3 is 2.75 bits per heavy atom. The van der Waals surface area contributed by atoms with Crippen LogP contribution in [-0.2, 0) is 0 Å². The van der Waals surface area contributed by atoms with Gasteiger partial charge in [0, 0.05) is 10.2 Å². The molecular formula is C14H7BrClFN2O. The van der Waals surface area contributed by atoms with Crippen LogP contribution in [-0.4, -0.2) is 5.91 Å². The predicted octanol–water partition coefficient (Wildman–Crippen LogP) is 4.37. The number of amides is 1. The van der Waals surface area contributed by atoms with E-state index in [0.717, 1.165) is 0 Å². The van der Waals surface area contributed by atoms with E-state index in [9.17, 15) is 9.18 Å². The summed E-state index contributed by atoms with van der Waals surface area (Å²) in [4.78, 5) is 12.0. The molecule has 0 heterocycles. The molecule has 0 spiro atoms. The third-order valence-electron chi connectivity index (χ3n) is 2.52. The van der Waals surface area contributed by atoms with Gasteiger partial charge in [-0.25, -0.2) is 4.39 Å². The Morgan fingerprint density at radius 1 is 1.30 bits per heavy atom. The summed E-state index contributed by atoms with van der Waals surface area (Å²) in [5.74, 6) is -1.23. The van der Waals surface area contributed by atoms with Crippen molar-refractivity contribution in [2.45, 2.75) is 0 Å². The minimum absolute atomic E-state index is 0.0900. The van der Waals surface area contributed by atoms with Crippen molar-refractivity contribution in [3.8, 4) is 6.07 Å². The molecule has 2 aromatic carbocycles. The first-order chi connectivity index (χ1) is 9.51. The number of carbonyl (C=O) groups is 1. The number of hydrogen-bond acceptors (Lipinski definition) is 2. The smallest absolute Gasteiger partial charge is 0.258 e. The molecule has 1 N–H and O–H groups in total. The Hall–Kier alpha value is -1.90. The minimum Gasteiger partial charge on any atom is -0.322 e. The zero-order valence-corrected chi connectivity index (χ0v) is 12.3. The van der Waals surface area contributed by atoms with Gasteiger partial charge in [0.25, 0.3) is 5.91 Å². The zero-order chi connectivity index (χ0) is 14.7. The van der Waals surface area contributed by atoms with E-state index < -0.39 is 11.7 Å². The monoisotopic (exact) mass is 352 g/mol. The van der Waals surface area contributed by atoms with E-state index >= 15 is 0 Å². The van der Waals surface area contributed by atoms with Gasteiger partial charge in [-0.05, 0) is 36.4 Å². The number of benzene rings is 2. The molecule has 2 aromatic rings. The molecule has 0 aliphatic rings. The summed E-state index contributed by atoms with van der Waals surface area (Å²) in [6, 6.07) is 10.4. The van der Waals surface area contributed by atoms with Crippen LogP contribution >= 0.6 is 27.5 Å². The van der Waals surface area contributed by atoms with Gasteiger partial charge in [0.1, 0.15) is 11.9 Å². The van der Waals surface area contributed by atoms with Crippen LogP contribution in [0.5, 0.6) is 0 Å². The fourth-order valence-corrected chi connectivity index (χ4v) is 2.08. The number of hydrogen-bond donors (Lipinski definition) is 1. The number of nitrogens with zero attached hydrogens (tertiary/aromatic N) is 1. The van der Waals surface area contributed by atoms with Gasteiger partial charge < -0.3 is 5.32 Å². The quantitative estimate of drug-likeness (QED) is 0.872. The molecule has 0 unspecified atom stereocenters. The van der Waals surface area contributed by atoms with E-state index in [0.29, 0.717) is 15.2 Å². The molecule has 3 nitrogen and oxygen atoms in total. The molecule has 0 aliphatic heterocycles. The first-order valence-corrected chi connectivity index (χ1v) is 6.64. The maximum absolute atomic E-state index is 13.6. The third-order valence-corrected chi connectivity index (χ3v) is 3.34. The van der Waals surface area contributed by atoms with Crippen molar-refractivity contribution in [3.05, 3.63) is 62.8 Å². The molecule has 1 amide bonds. The van der Waals surface area contributed by atoms with Crippen molar-refractivity contribution in [1.29, 1.82) is 5.26 Å². The lowest BCUT2D eigenvalue weighted by Gasteiger charge is -2.07. The lowest BCUT2D eigenvalue weighted by molar-refractivity contribution is 0.102. The second kappa shape index (κ2) is 6.04. The largest absolute Gasteiger partial charge is 0.322 e. The predicted molar refractivity (Wildman–Crippen MR) is 78.2 cm³/mol. The van der Waals surface area contributed by atoms with Gasteiger partial charge in [-0.2, -0.15) is 5.26 Å². The second-order valence-corrected chi connectivity index (χ2v) is 5.21. The van der Waals surface area contributed by atoms with Crippen LogP contribution < -0.4 is 5.32 Å². The SMILES string of the molecule is N#Cc1cc(NC(=O)c2cc(Br)ccc2F)ccc1Cl. The molecule has 0 atom stereocenters. The van der Waals surface area contributed by atoms with Crippen LogP contribution in [0.3, 0.4) is 0 Å². The summed E-state index contributed by atoms with van der Waals surface area (Å²) in [6.07, 6.45) is 0. The van der Waals surface area contributed by atoms with Crippen LogP contribution in [0.1, 0.15) is 15.9 Å². The average molecular weight is 354 g/mol. The summed E-state index contributed by atoms with van der Waals surface area (Å²) in [7, 11) is 0. The number of halogens is 3. The molecule has 20 heavy (non-hydrogen) atoms. The van der Waals surface area contributed by atoms with Crippen molar-refractivity contribution in [3.63, 3.8) is 0 Å². The highest BCUT2D eigenvalue weighted by Gasteiger charge is 2.13. The van der Waals surface area contributed by atoms with E-state index in [1.165, 1.54) is 36.4 Å². The molecule has 0 aliphatic carbocycles. The van der Waals surface area contributed by atoms with Crippen molar-refractivity contribution in [2.75, 3.05) is 5.32 Å². The topological polar surface area (TPSA) is 52.9 Å².